The van der Waals surface area contributed by atoms with Crippen LogP contribution in [0.15, 0.2) is 18.2 Å². The SMILES string of the molecule is Cc1cccc(C(=O)O)c1C#CC1(O)C(C)CCCC1(C)C. The van der Waals surface area contributed by atoms with Crippen molar-refractivity contribution in [2.45, 2.75) is 52.6 Å². The topological polar surface area (TPSA) is 57.5 Å². The van der Waals surface area contributed by atoms with E-state index in [-0.39, 0.29) is 16.9 Å². The number of carbonyl (C=O) groups is 1. The molecule has 0 amide bonds. The van der Waals surface area contributed by atoms with E-state index in [1.54, 1.807) is 12.1 Å². The lowest BCUT2D eigenvalue weighted by molar-refractivity contribution is -0.0860. The summed E-state index contributed by atoms with van der Waals surface area (Å²) in [6.45, 7) is 7.93. The molecule has 0 bridgehead atoms. The van der Waals surface area contributed by atoms with Crippen LogP contribution in [-0.4, -0.2) is 21.8 Å². The number of hydrogen-bond donors (Lipinski definition) is 2. The van der Waals surface area contributed by atoms with Gasteiger partial charge in [-0.3, -0.25) is 0 Å². The van der Waals surface area contributed by atoms with E-state index in [9.17, 15) is 15.0 Å². The van der Waals surface area contributed by atoms with E-state index in [1.165, 1.54) is 0 Å². The van der Waals surface area contributed by atoms with E-state index in [2.05, 4.69) is 11.8 Å². The second-order valence-corrected chi connectivity index (χ2v) is 7.00. The molecule has 1 aromatic rings. The number of rotatable bonds is 1. The summed E-state index contributed by atoms with van der Waals surface area (Å²) in [5.41, 5.74) is 0.110. The van der Waals surface area contributed by atoms with Crippen molar-refractivity contribution in [3.63, 3.8) is 0 Å². The van der Waals surface area contributed by atoms with Crippen molar-refractivity contribution in [2.24, 2.45) is 11.3 Å². The largest absolute Gasteiger partial charge is 0.478 e. The minimum atomic E-state index is -1.09. The third kappa shape index (κ3) is 2.76. The standard InChI is InChI=1S/C19H24O3/c1-13-7-5-9-16(17(20)21)15(13)10-12-19(22)14(2)8-6-11-18(19,3)4/h5,7,9,14,22H,6,8,11H2,1-4H3,(H,20,21). The van der Waals surface area contributed by atoms with Gasteiger partial charge in [-0.05, 0) is 37.3 Å². The highest BCUT2D eigenvalue weighted by molar-refractivity contribution is 5.91. The van der Waals surface area contributed by atoms with Gasteiger partial charge in [0.1, 0.15) is 5.60 Å². The van der Waals surface area contributed by atoms with Gasteiger partial charge in [0.05, 0.1) is 5.56 Å². The van der Waals surface area contributed by atoms with Crippen LogP contribution in [0, 0.1) is 30.1 Å². The van der Waals surface area contributed by atoms with Crippen LogP contribution in [0.3, 0.4) is 0 Å². The summed E-state index contributed by atoms with van der Waals surface area (Å²) in [5, 5.41) is 20.4. The Labute approximate surface area is 132 Å². The van der Waals surface area contributed by atoms with Crippen molar-refractivity contribution in [2.75, 3.05) is 0 Å². The number of carboxylic acid groups (broad SMARTS) is 1. The Bertz CT molecular complexity index is 648. The van der Waals surface area contributed by atoms with Gasteiger partial charge in [0.25, 0.3) is 0 Å². The number of aryl methyl sites for hydroxylation is 1. The van der Waals surface area contributed by atoms with Crippen LogP contribution in [0.2, 0.25) is 0 Å². The number of aromatic carboxylic acids is 1. The number of hydrogen-bond acceptors (Lipinski definition) is 2. The minimum Gasteiger partial charge on any atom is -0.478 e. The van der Waals surface area contributed by atoms with Gasteiger partial charge >= 0.3 is 5.97 Å². The fraction of sp³-hybridized carbons (Fsp3) is 0.526. The average molecular weight is 300 g/mol. The smallest absolute Gasteiger partial charge is 0.336 e. The number of benzene rings is 1. The molecule has 1 aromatic carbocycles. The molecule has 0 aromatic heterocycles. The van der Waals surface area contributed by atoms with E-state index in [1.807, 2.05) is 33.8 Å². The van der Waals surface area contributed by atoms with E-state index >= 15 is 0 Å². The second kappa shape index (κ2) is 5.78. The fourth-order valence-electron chi connectivity index (χ4n) is 3.38. The quantitative estimate of drug-likeness (QED) is 0.779. The molecule has 1 aliphatic rings. The molecule has 0 radical (unpaired) electrons. The summed E-state index contributed by atoms with van der Waals surface area (Å²) in [7, 11) is 0. The molecule has 0 spiro atoms. The molecule has 118 valence electrons. The normalized spacial score (nSPS) is 26.9. The van der Waals surface area contributed by atoms with Gasteiger partial charge in [0.15, 0.2) is 0 Å². The highest BCUT2D eigenvalue weighted by Gasteiger charge is 2.48. The lowest BCUT2D eigenvalue weighted by Crippen LogP contribution is -2.51. The predicted octanol–water partition coefficient (Wildman–Crippen LogP) is 3.62. The van der Waals surface area contributed by atoms with Crippen LogP contribution >= 0.6 is 0 Å². The molecule has 22 heavy (non-hydrogen) atoms. The van der Waals surface area contributed by atoms with Crippen LogP contribution < -0.4 is 0 Å². The van der Waals surface area contributed by atoms with Crippen LogP contribution in [0.4, 0.5) is 0 Å². The Morgan fingerprint density at radius 2 is 2.05 bits per heavy atom. The maximum Gasteiger partial charge on any atom is 0.336 e. The second-order valence-electron chi connectivity index (χ2n) is 7.00. The van der Waals surface area contributed by atoms with Gasteiger partial charge < -0.3 is 10.2 Å². The zero-order chi connectivity index (χ0) is 16.5. The van der Waals surface area contributed by atoms with Crippen LogP contribution in [0.5, 0.6) is 0 Å². The Balaban J connectivity index is 2.52. The third-order valence-corrected chi connectivity index (χ3v) is 5.07. The van der Waals surface area contributed by atoms with Crippen LogP contribution in [0.25, 0.3) is 0 Å². The molecule has 0 heterocycles. The van der Waals surface area contributed by atoms with E-state index in [4.69, 9.17) is 0 Å². The summed E-state index contributed by atoms with van der Waals surface area (Å²) < 4.78 is 0. The molecule has 0 aliphatic heterocycles. The van der Waals surface area contributed by atoms with Crippen molar-refractivity contribution in [3.8, 4) is 11.8 Å². The van der Waals surface area contributed by atoms with Gasteiger partial charge in [-0.1, -0.05) is 51.2 Å². The Morgan fingerprint density at radius 3 is 2.64 bits per heavy atom. The van der Waals surface area contributed by atoms with E-state index < -0.39 is 11.6 Å². The van der Waals surface area contributed by atoms with Crippen LogP contribution in [-0.2, 0) is 0 Å². The molecule has 1 aliphatic carbocycles. The average Bonchev–Trinajstić information content (AvgIpc) is 2.43. The van der Waals surface area contributed by atoms with Gasteiger partial charge in [-0.15, -0.1) is 0 Å². The van der Waals surface area contributed by atoms with Gasteiger partial charge in [0.2, 0.25) is 0 Å². The molecule has 2 atom stereocenters. The van der Waals surface area contributed by atoms with Crippen molar-refractivity contribution >= 4 is 5.97 Å². The van der Waals surface area contributed by atoms with Crippen molar-refractivity contribution in [1.29, 1.82) is 0 Å². The predicted molar refractivity (Wildman–Crippen MR) is 86.8 cm³/mol. The third-order valence-electron chi connectivity index (χ3n) is 5.07. The first-order valence-electron chi connectivity index (χ1n) is 7.77. The first-order valence-corrected chi connectivity index (χ1v) is 7.77. The maximum atomic E-state index is 11.4. The summed E-state index contributed by atoms with van der Waals surface area (Å²) >= 11 is 0. The molecular weight excluding hydrogens is 276 g/mol. The summed E-state index contributed by atoms with van der Waals surface area (Å²) in [5.74, 6) is 5.09. The molecule has 3 nitrogen and oxygen atoms in total. The minimum absolute atomic E-state index is 0.0704. The molecule has 2 rings (SSSR count). The monoisotopic (exact) mass is 300 g/mol. The van der Waals surface area contributed by atoms with E-state index in [0.717, 1.165) is 24.8 Å². The highest BCUT2D eigenvalue weighted by Crippen LogP contribution is 2.46. The van der Waals surface area contributed by atoms with Crippen molar-refractivity contribution in [3.05, 3.63) is 34.9 Å². The van der Waals surface area contributed by atoms with Crippen molar-refractivity contribution in [1.82, 2.24) is 0 Å². The van der Waals surface area contributed by atoms with Crippen molar-refractivity contribution < 1.29 is 15.0 Å². The zero-order valence-corrected chi connectivity index (χ0v) is 13.7. The Hall–Kier alpha value is -1.79. The number of carboxylic acids is 1. The summed E-state index contributed by atoms with van der Waals surface area (Å²) in [4.78, 5) is 11.4. The summed E-state index contributed by atoms with van der Waals surface area (Å²) in [6.07, 6.45) is 2.94. The molecular formula is C19H24O3. The molecule has 3 heteroatoms. The Morgan fingerprint density at radius 1 is 1.36 bits per heavy atom. The maximum absolute atomic E-state index is 11.4. The molecule has 1 saturated carbocycles. The molecule has 2 N–H and O–H groups in total. The number of aliphatic hydroxyl groups is 1. The lowest BCUT2D eigenvalue weighted by Gasteiger charge is -2.47. The summed E-state index contributed by atoms with van der Waals surface area (Å²) in [6, 6.07) is 5.11. The van der Waals surface area contributed by atoms with Gasteiger partial charge in [-0.2, -0.15) is 0 Å². The van der Waals surface area contributed by atoms with Crippen LogP contribution in [0.1, 0.15) is 61.5 Å². The molecule has 1 fully saturated rings. The van der Waals surface area contributed by atoms with Gasteiger partial charge in [0, 0.05) is 11.0 Å². The fourth-order valence-corrected chi connectivity index (χ4v) is 3.38. The first-order chi connectivity index (χ1) is 10.2. The molecule has 2 unspecified atom stereocenters. The van der Waals surface area contributed by atoms with E-state index in [0.29, 0.717) is 5.56 Å². The highest BCUT2D eigenvalue weighted by atomic mass is 16.4. The molecule has 0 saturated heterocycles. The lowest BCUT2D eigenvalue weighted by atomic mass is 9.61. The first kappa shape index (κ1) is 16.6. The van der Waals surface area contributed by atoms with Gasteiger partial charge in [-0.25, -0.2) is 4.79 Å². The Kier molecular flexibility index (Phi) is 4.35. The zero-order valence-electron chi connectivity index (χ0n) is 13.7.